The summed E-state index contributed by atoms with van der Waals surface area (Å²) in [5.74, 6) is 0.333. The Bertz CT molecular complexity index is 1460. The Kier molecular flexibility index (Phi) is 7.46. The van der Waals surface area contributed by atoms with E-state index in [0.717, 1.165) is 22.4 Å². The van der Waals surface area contributed by atoms with Crippen LogP contribution in [-0.4, -0.2) is 24.3 Å². The van der Waals surface area contributed by atoms with Crippen LogP contribution in [0.2, 0.25) is 0 Å². The van der Waals surface area contributed by atoms with Crippen LogP contribution in [-0.2, 0) is 16.0 Å². The largest absolute Gasteiger partial charge is 0.494 e. The second-order valence-electron chi connectivity index (χ2n) is 7.99. The van der Waals surface area contributed by atoms with Crippen LogP contribution in [0.3, 0.4) is 0 Å². The average Bonchev–Trinajstić information content (AvgIpc) is 3.19. The molecule has 6 nitrogen and oxygen atoms in total. The summed E-state index contributed by atoms with van der Waals surface area (Å²) in [7, 11) is 1.35. The van der Waals surface area contributed by atoms with Gasteiger partial charge in [0.2, 0.25) is 0 Å². The number of carbonyl (C=O) groups excluding carboxylic acids is 1. The maximum atomic E-state index is 13.7. The molecule has 1 atom stereocenters. The molecule has 2 aromatic carbocycles. The Morgan fingerprint density at radius 1 is 1.20 bits per heavy atom. The lowest BCUT2D eigenvalue weighted by Gasteiger charge is -2.25. The number of carbonyl (C=O) groups is 1. The normalized spacial score (nSPS) is 15.4. The van der Waals surface area contributed by atoms with Crippen molar-refractivity contribution in [3.8, 4) is 5.75 Å². The number of allylic oxidation sites excluding steroid dienone is 2. The summed E-state index contributed by atoms with van der Waals surface area (Å²) >= 11 is 1.32. The third kappa shape index (κ3) is 4.77. The summed E-state index contributed by atoms with van der Waals surface area (Å²) in [6.07, 6.45) is 4.90. The number of benzene rings is 2. The number of esters is 1. The number of ether oxygens (including phenoxy) is 2. The van der Waals surface area contributed by atoms with Crippen LogP contribution in [0.5, 0.6) is 5.75 Å². The number of methoxy groups -OCH3 is 1. The van der Waals surface area contributed by atoms with E-state index in [9.17, 15) is 9.59 Å². The van der Waals surface area contributed by atoms with Crippen molar-refractivity contribution in [2.45, 2.75) is 32.7 Å². The monoisotopic (exact) mass is 488 g/mol. The maximum Gasteiger partial charge on any atom is 0.338 e. The van der Waals surface area contributed by atoms with Gasteiger partial charge in [0, 0.05) is 0 Å². The quantitative estimate of drug-likeness (QED) is 0.356. The van der Waals surface area contributed by atoms with E-state index in [4.69, 9.17) is 14.5 Å². The Morgan fingerprint density at radius 3 is 2.63 bits per heavy atom. The van der Waals surface area contributed by atoms with E-state index in [1.807, 2.05) is 74.5 Å². The van der Waals surface area contributed by atoms with E-state index < -0.39 is 12.0 Å². The number of fused-ring (bicyclic) bond motifs is 1. The summed E-state index contributed by atoms with van der Waals surface area (Å²) in [5.41, 5.74) is 3.55. The standard InChI is InChI=1S/C28H28N2O4S/c1-5-11-20-16-18(14-15-22(20)34-7-3)17-23-26(31)30-25(19-12-9-8-10-13-19)24(27(32)33-4)21(6-2)29-28(30)35-23/h5,8-10,12-17,25H,1,6-7,11H2,2-4H3/b23-17-/t25-/m1/s1. The Balaban J connectivity index is 1.92. The van der Waals surface area contributed by atoms with Crippen molar-refractivity contribution in [3.05, 3.63) is 109 Å². The van der Waals surface area contributed by atoms with Gasteiger partial charge >= 0.3 is 5.97 Å². The lowest BCUT2D eigenvalue weighted by Crippen LogP contribution is -2.40. The molecule has 180 valence electrons. The predicted octanol–water partition coefficient (Wildman–Crippen LogP) is 3.93. The van der Waals surface area contributed by atoms with Gasteiger partial charge in [0.1, 0.15) is 5.75 Å². The number of hydrogen-bond donors (Lipinski definition) is 0. The topological polar surface area (TPSA) is 69.9 Å². The zero-order valence-corrected chi connectivity index (χ0v) is 20.9. The van der Waals surface area contributed by atoms with Gasteiger partial charge < -0.3 is 9.47 Å². The first kappa shape index (κ1) is 24.4. The van der Waals surface area contributed by atoms with Crippen molar-refractivity contribution < 1.29 is 14.3 Å². The number of rotatable bonds is 8. The molecule has 1 aliphatic rings. The summed E-state index contributed by atoms with van der Waals surface area (Å²) in [4.78, 5) is 31.8. The van der Waals surface area contributed by atoms with Crippen LogP contribution in [0.4, 0.5) is 0 Å². The van der Waals surface area contributed by atoms with Gasteiger partial charge in [0.15, 0.2) is 4.80 Å². The average molecular weight is 489 g/mol. The highest BCUT2D eigenvalue weighted by Crippen LogP contribution is 2.31. The van der Waals surface area contributed by atoms with Crippen LogP contribution in [0, 0.1) is 0 Å². The maximum absolute atomic E-state index is 13.7. The molecule has 4 rings (SSSR count). The number of thiazole rings is 1. The van der Waals surface area contributed by atoms with Gasteiger partial charge in [-0.25, -0.2) is 9.79 Å². The fraction of sp³-hybridized carbons (Fsp3) is 0.250. The molecule has 0 amide bonds. The minimum Gasteiger partial charge on any atom is -0.494 e. The molecule has 0 fully saturated rings. The van der Waals surface area contributed by atoms with E-state index in [2.05, 4.69) is 6.58 Å². The predicted molar refractivity (Wildman–Crippen MR) is 138 cm³/mol. The van der Waals surface area contributed by atoms with E-state index in [1.165, 1.54) is 18.4 Å². The van der Waals surface area contributed by atoms with Crippen molar-refractivity contribution in [3.63, 3.8) is 0 Å². The molecule has 7 heteroatoms. The Morgan fingerprint density at radius 2 is 1.97 bits per heavy atom. The van der Waals surface area contributed by atoms with Crippen molar-refractivity contribution in [2.24, 2.45) is 4.99 Å². The van der Waals surface area contributed by atoms with Crippen LogP contribution in [0.15, 0.2) is 82.2 Å². The zero-order valence-electron chi connectivity index (χ0n) is 20.1. The number of nitrogens with zero attached hydrogens (tertiary/aromatic N) is 2. The van der Waals surface area contributed by atoms with Crippen molar-refractivity contribution in [1.29, 1.82) is 0 Å². The fourth-order valence-corrected chi connectivity index (χ4v) is 5.29. The molecule has 0 N–H and O–H groups in total. The SMILES string of the molecule is C=CCc1cc(/C=c2\sc3n(c2=O)[C@H](c2ccccc2)C(C(=O)OC)=C(CC)N=3)ccc1OCC. The molecule has 0 bridgehead atoms. The van der Waals surface area contributed by atoms with Gasteiger partial charge in [-0.2, -0.15) is 0 Å². The molecule has 1 aliphatic heterocycles. The van der Waals surface area contributed by atoms with Gasteiger partial charge in [-0.15, -0.1) is 6.58 Å². The lowest BCUT2D eigenvalue weighted by molar-refractivity contribution is -0.136. The minimum absolute atomic E-state index is 0.196. The molecule has 0 radical (unpaired) electrons. The molecule has 0 unspecified atom stereocenters. The van der Waals surface area contributed by atoms with Crippen LogP contribution < -0.4 is 19.6 Å². The van der Waals surface area contributed by atoms with Crippen LogP contribution in [0.25, 0.3) is 6.08 Å². The number of aromatic nitrogens is 1. The third-order valence-corrected chi connectivity index (χ3v) is 6.79. The van der Waals surface area contributed by atoms with Gasteiger partial charge in [0.25, 0.3) is 5.56 Å². The van der Waals surface area contributed by atoms with E-state index in [0.29, 0.717) is 40.1 Å². The van der Waals surface area contributed by atoms with Gasteiger partial charge in [-0.05, 0) is 54.7 Å². The smallest absolute Gasteiger partial charge is 0.338 e. The summed E-state index contributed by atoms with van der Waals surface area (Å²) in [6, 6.07) is 14.8. The summed E-state index contributed by atoms with van der Waals surface area (Å²) < 4.78 is 13.0. The molecule has 2 heterocycles. The molecule has 0 saturated heterocycles. The molecular formula is C28H28N2O4S. The van der Waals surface area contributed by atoms with E-state index >= 15 is 0 Å². The summed E-state index contributed by atoms with van der Waals surface area (Å²) in [5, 5.41) is 0. The fourth-order valence-electron chi connectivity index (χ4n) is 4.27. The van der Waals surface area contributed by atoms with Crippen molar-refractivity contribution in [2.75, 3.05) is 13.7 Å². The Hall–Kier alpha value is -3.71. The van der Waals surface area contributed by atoms with Crippen molar-refractivity contribution >= 4 is 23.4 Å². The third-order valence-electron chi connectivity index (χ3n) is 5.81. The second kappa shape index (κ2) is 10.7. The highest BCUT2D eigenvalue weighted by molar-refractivity contribution is 7.07. The van der Waals surface area contributed by atoms with Crippen LogP contribution in [0.1, 0.15) is 43.0 Å². The van der Waals surface area contributed by atoms with Crippen molar-refractivity contribution in [1.82, 2.24) is 4.57 Å². The molecule has 0 aliphatic carbocycles. The molecule has 1 aromatic heterocycles. The highest BCUT2D eigenvalue weighted by Gasteiger charge is 2.33. The van der Waals surface area contributed by atoms with E-state index in [1.54, 1.807) is 4.57 Å². The van der Waals surface area contributed by atoms with Crippen LogP contribution >= 0.6 is 11.3 Å². The molecule has 0 saturated carbocycles. The molecule has 35 heavy (non-hydrogen) atoms. The van der Waals surface area contributed by atoms with Gasteiger partial charge in [-0.3, -0.25) is 9.36 Å². The first-order chi connectivity index (χ1) is 17.0. The molecule has 0 spiro atoms. The Labute approximate surface area is 208 Å². The first-order valence-electron chi connectivity index (χ1n) is 11.6. The van der Waals surface area contributed by atoms with Gasteiger partial charge in [-0.1, -0.05) is 60.7 Å². The van der Waals surface area contributed by atoms with E-state index in [-0.39, 0.29) is 5.56 Å². The summed E-state index contributed by atoms with van der Waals surface area (Å²) in [6.45, 7) is 8.30. The molecule has 3 aromatic rings. The second-order valence-corrected chi connectivity index (χ2v) is 9.00. The lowest BCUT2D eigenvalue weighted by atomic mass is 9.95. The highest BCUT2D eigenvalue weighted by atomic mass is 32.1. The zero-order chi connectivity index (χ0) is 24.9. The molecular weight excluding hydrogens is 460 g/mol. The number of hydrogen-bond acceptors (Lipinski definition) is 6. The minimum atomic E-state index is -0.603. The van der Waals surface area contributed by atoms with Gasteiger partial charge in [0.05, 0.1) is 35.6 Å². The first-order valence-corrected chi connectivity index (χ1v) is 12.4.